The molecule has 0 aromatic rings. The average Bonchev–Trinajstić information content (AvgIpc) is 2.34. The molecule has 0 amide bonds. The second-order valence-electron chi connectivity index (χ2n) is 3.10. The maximum Gasteiger partial charge on any atom is 0.307 e. The number of hydrogen-bond acceptors (Lipinski definition) is 3. The van der Waals surface area contributed by atoms with Crippen molar-refractivity contribution in [2.45, 2.75) is 25.0 Å². The minimum Gasteiger partial charge on any atom is -0.380 e. The Balaban J connectivity index is 2.64. The lowest BCUT2D eigenvalue weighted by Gasteiger charge is -2.11. The molecule has 1 heterocycles. The van der Waals surface area contributed by atoms with Crippen LogP contribution in [0.25, 0.3) is 0 Å². The van der Waals surface area contributed by atoms with Crippen molar-refractivity contribution in [2.75, 3.05) is 13.2 Å². The van der Waals surface area contributed by atoms with E-state index in [0.29, 0.717) is 13.0 Å². The average molecular weight is 196 g/mol. The van der Waals surface area contributed by atoms with Crippen LogP contribution in [0.1, 0.15) is 19.8 Å². The molecule has 72 valence electrons. The zero-order chi connectivity index (χ0) is 9.19. The van der Waals surface area contributed by atoms with Crippen molar-refractivity contribution in [2.24, 2.45) is 5.92 Å². The second-order valence-corrected chi connectivity index (χ2v) is 4.66. The highest BCUT2D eigenvalue weighted by molar-refractivity contribution is 7.87. The SMILES string of the molecule is CCCC1COCC1S(=O)(=O)F. The predicted molar refractivity (Wildman–Crippen MR) is 43.0 cm³/mol. The van der Waals surface area contributed by atoms with Crippen LogP contribution in [-0.4, -0.2) is 26.9 Å². The Bertz CT molecular complexity index is 237. The van der Waals surface area contributed by atoms with Crippen LogP contribution >= 0.6 is 0 Å². The third kappa shape index (κ3) is 2.17. The summed E-state index contributed by atoms with van der Waals surface area (Å²) in [5, 5.41) is -0.919. The van der Waals surface area contributed by atoms with Crippen molar-refractivity contribution in [3.05, 3.63) is 0 Å². The second kappa shape index (κ2) is 3.70. The summed E-state index contributed by atoms with van der Waals surface area (Å²) < 4.78 is 38.6. The molecule has 12 heavy (non-hydrogen) atoms. The van der Waals surface area contributed by atoms with Crippen molar-refractivity contribution in [3.63, 3.8) is 0 Å². The summed E-state index contributed by atoms with van der Waals surface area (Å²) in [7, 11) is -4.40. The standard InChI is InChI=1S/C7H13FO3S/c1-2-3-6-4-11-5-7(6)12(8,9)10/h6-7H,2-5H2,1H3. The molecule has 1 rings (SSSR count). The lowest BCUT2D eigenvalue weighted by molar-refractivity contribution is 0.184. The summed E-state index contributed by atoms with van der Waals surface area (Å²) in [6.07, 6.45) is 1.58. The van der Waals surface area contributed by atoms with E-state index in [0.717, 1.165) is 6.42 Å². The molecular weight excluding hydrogens is 183 g/mol. The van der Waals surface area contributed by atoms with Gasteiger partial charge in [-0.1, -0.05) is 13.3 Å². The zero-order valence-electron chi connectivity index (χ0n) is 6.99. The van der Waals surface area contributed by atoms with Gasteiger partial charge < -0.3 is 4.74 Å². The molecule has 0 bridgehead atoms. The number of hydrogen-bond donors (Lipinski definition) is 0. The summed E-state index contributed by atoms with van der Waals surface area (Å²) >= 11 is 0. The Morgan fingerprint density at radius 2 is 2.17 bits per heavy atom. The first-order valence-electron chi connectivity index (χ1n) is 4.07. The third-order valence-corrected chi connectivity index (χ3v) is 3.41. The molecule has 0 spiro atoms. The van der Waals surface area contributed by atoms with Crippen LogP contribution in [0.3, 0.4) is 0 Å². The fourth-order valence-corrected chi connectivity index (χ4v) is 2.46. The van der Waals surface area contributed by atoms with Gasteiger partial charge in [-0.05, 0) is 6.42 Å². The number of rotatable bonds is 3. The smallest absolute Gasteiger partial charge is 0.307 e. The van der Waals surface area contributed by atoms with E-state index in [1.54, 1.807) is 0 Å². The summed E-state index contributed by atoms with van der Waals surface area (Å²) in [6.45, 7) is 2.34. The molecule has 1 aliphatic rings. The summed E-state index contributed by atoms with van der Waals surface area (Å²) in [4.78, 5) is 0. The Hall–Kier alpha value is -0.160. The van der Waals surface area contributed by atoms with Gasteiger partial charge in [0.15, 0.2) is 0 Å². The maximum atomic E-state index is 12.6. The molecule has 1 fully saturated rings. The molecule has 0 aliphatic carbocycles. The summed E-state index contributed by atoms with van der Waals surface area (Å²) in [6, 6.07) is 0. The third-order valence-electron chi connectivity index (χ3n) is 2.16. The predicted octanol–water partition coefficient (Wildman–Crippen LogP) is 1.10. The van der Waals surface area contributed by atoms with E-state index in [9.17, 15) is 12.3 Å². The fourth-order valence-electron chi connectivity index (χ4n) is 1.53. The van der Waals surface area contributed by atoms with Crippen LogP contribution in [0, 0.1) is 5.92 Å². The van der Waals surface area contributed by atoms with Gasteiger partial charge in [0.1, 0.15) is 5.25 Å². The van der Waals surface area contributed by atoms with E-state index in [2.05, 4.69) is 0 Å². The van der Waals surface area contributed by atoms with Crippen molar-refractivity contribution >= 4 is 10.2 Å². The highest BCUT2D eigenvalue weighted by Gasteiger charge is 2.37. The number of ether oxygens (including phenoxy) is 1. The molecule has 0 radical (unpaired) electrons. The Morgan fingerprint density at radius 1 is 1.50 bits per heavy atom. The van der Waals surface area contributed by atoms with Crippen LogP contribution in [0.5, 0.6) is 0 Å². The molecule has 0 aromatic carbocycles. The first-order chi connectivity index (χ1) is 5.55. The van der Waals surface area contributed by atoms with Gasteiger partial charge in [-0.3, -0.25) is 0 Å². The Kier molecular flexibility index (Phi) is 3.06. The largest absolute Gasteiger partial charge is 0.380 e. The molecule has 2 atom stereocenters. The van der Waals surface area contributed by atoms with Gasteiger partial charge >= 0.3 is 10.2 Å². The van der Waals surface area contributed by atoms with E-state index in [1.165, 1.54) is 0 Å². The van der Waals surface area contributed by atoms with Crippen LogP contribution in [0.4, 0.5) is 3.89 Å². The lowest BCUT2D eigenvalue weighted by atomic mass is 10.0. The van der Waals surface area contributed by atoms with E-state index in [1.807, 2.05) is 6.92 Å². The van der Waals surface area contributed by atoms with Gasteiger partial charge in [0.2, 0.25) is 0 Å². The molecular formula is C7H13FO3S. The van der Waals surface area contributed by atoms with E-state index in [-0.39, 0.29) is 12.5 Å². The normalized spacial score (nSPS) is 30.8. The molecule has 2 unspecified atom stereocenters. The van der Waals surface area contributed by atoms with Crippen LogP contribution in [0.15, 0.2) is 0 Å². The maximum absolute atomic E-state index is 12.6. The summed E-state index contributed by atoms with van der Waals surface area (Å²) in [5.41, 5.74) is 0. The van der Waals surface area contributed by atoms with Crippen molar-refractivity contribution in [3.8, 4) is 0 Å². The highest BCUT2D eigenvalue weighted by Crippen LogP contribution is 2.25. The Morgan fingerprint density at radius 3 is 2.67 bits per heavy atom. The Labute approximate surface area is 72.1 Å². The van der Waals surface area contributed by atoms with Gasteiger partial charge in [-0.2, -0.15) is 8.42 Å². The minimum absolute atomic E-state index is 0.0174. The van der Waals surface area contributed by atoms with Crippen molar-refractivity contribution in [1.82, 2.24) is 0 Å². The molecule has 1 saturated heterocycles. The van der Waals surface area contributed by atoms with Crippen LogP contribution in [0.2, 0.25) is 0 Å². The summed E-state index contributed by atoms with van der Waals surface area (Å²) in [5.74, 6) is -0.148. The quantitative estimate of drug-likeness (QED) is 0.635. The molecule has 3 nitrogen and oxygen atoms in total. The van der Waals surface area contributed by atoms with Gasteiger partial charge in [0.05, 0.1) is 13.2 Å². The van der Waals surface area contributed by atoms with E-state index < -0.39 is 15.5 Å². The topological polar surface area (TPSA) is 43.4 Å². The van der Waals surface area contributed by atoms with E-state index in [4.69, 9.17) is 4.74 Å². The molecule has 0 aromatic heterocycles. The fraction of sp³-hybridized carbons (Fsp3) is 1.00. The van der Waals surface area contributed by atoms with Crippen LogP contribution < -0.4 is 0 Å². The lowest BCUT2D eigenvalue weighted by Crippen LogP contribution is -2.25. The molecule has 0 saturated carbocycles. The number of halogens is 1. The highest BCUT2D eigenvalue weighted by atomic mass is 32.3. The first-order valence-corrected chi connectivity index (χ1v) is 5.51. The zero-order valence-corrected chi connectivity index (χ0v) is 7.81. The van der Waals surface area contributed by atoms with Gasteiger partial charge in [-0.25, -0.2) is 0 Å². The first kappa shape index (κ1) is 9.92. The molecule has 5 heteroatoms. The van der Waals surface area contributed by atoms with Crippen molar-refractivity contribution < 1.29 is 17.0 Å². The van der Waals surface area contributed by atoms with Crippen LogP contribution in [-0.2, 0) is 15.0 Å². The van der Waals surface area contributed by atoms with Gasteiger partial charge in [0.25, 0.3) is 0 Å². The monoisotopic (exact) mass is 196 g/mol. The van der Waals surface area contributed by atoms with Crippen molar-refractivity contribution in [1.29, 1.82) is 0 Å². The molecule has 0 N–H and O–H groups in total. The minimum atomic E-state index is -4.40. The van der Waals surface area contributed by atoms with Gasteiger partial charge in [0, 0.05) is 5.92 Å². The van der Waals surface area contributed by atoms with Gasteiger partial charge in [-0.15, -0.1) is 3.89 Å². The van der Waals surface area contributed by atoms with E-state index >= 15 is 0 Å². The molecule has 1 aliphatic heterocycles.